The third kappa shape index (κ3) is 4.95. The Balaban J connectivity index is 1.38. The van der Waals surface area contributed by atoms with Gasteiger partial charge in [-0.05, 0) is 36.2 Å². The van der Waals surface area contributed by atoms with Crippen LogP contribution >= 0.6 is 0 Å². The van der Waals surface area contributed by atoms with Gasteiger partial charge in [-0.1, -0.05) is 41.6 Å². The molecule has 0 saturated carbocycles. The van der Waals surface area contributed by atoms with Gasteiger partial charge in [0.05, 0.1) is 12.2 Å². The lowest BCUT2D eigenvalue weighted by atomic mass is 10.1. The van der Waals surface area contributed by atoms with Gasteiger partial charge in [0.2, 0.25) is 0 Å². The fourth-order valence-electron chi connectivity index (χ4n) is 3.77. The van der Waals surface area contributed by atoms with Crippen molar-refractivity contribution in [2.75, 3.05) is 32.7 Å². The van der Waals surface area contributed by atoms with Crippen molar-refractivity contribution in [3.05, 3.63) is 65.5 Å². The molecule has 2 heterocycles. The van der Waals surface area contributed by atoms with Crippen molar-refractivity contribution >= 4 is 16.7 Å². The number of piperazine rings is 1. The Morgan fingerprint density at radius 3 is 2.59 bits per heavy atom. The van der Waals surface area contributed by atoms with Crippen LogP contribution in [0, 0.1) is 6.92 Å². The third-order valence-electron chi connectivity index (χ3n) is 5.29. The smallest absolute Gasteiger partial charge is 0.194 e. The molecule has 0 bridgehead atoms. The minimum absolute atomic E-state index is 0.686. The minimum Gasteiger partial charge on any atom is -0.361 e. The molecule has 1 aliphatic rings. The first-order valence-corrected chi connectivity index (χ1v) is 10.4. The molecule has 0 aliphatic carbocycles. The highest BCUT2D eigenvalue weighted by Gasteiger charge is 2.20. The van der Waals surface area contributed by atoms with Crippen LogP contribution in [0.3, 0.4) is 0 Å². The molecule has 3 aromatic rings. The van der Waals surface area contributed by atoms with Gasteiger partial charge in [0.1, 0.15) is 5.76 Å². The first-order valence-electron chi connectivity index (χ1n) is 10.4. The molecule has 1 aliphatic heterocycles. The van der Waals surface area contributed by atoms with E-state index in [-0.39, 0.29) is 0 Å². The van der Waals surface area contributed by atoms with Gasteiger partial charge in [0, 0.05) is 45.3 Å². The summed E-state index contributed by atoms with van der Waals surface area (Å²) in [6, 6.07) is 17.1. The molecule has 2 aromatic carbocycles. The van der Waals surface area contributed by atoms with Gasteiger partial charge in [-0.3, -0.25) is 4.90 Å². The number of aromatic nitrogens is 1. The van der Waals surface area contributed by atoms with E-state index < -0.39 is 0 Å². The number of hydrogen-bond acceptors (Lipinski definition) is 4. The summed E-state index contributed by atoms with van der Waals surface area (Å²) >= 11 is 0. The molecule has 6 heteroatoms. The Morgan fingerprint density at radius 2 is 1.86 bits per heavy atom. The van der Waals surface area contributed by atoms with Crippen LogP contribution < -0.4 is 5.32 Å². The van der Waals surface area contributed by atoms with Crippen LogP contribution in [0.1, 0.15) is 23.9 Å². The van der Waals surface area contributed by atoms with Gasteiger partial charge in [-0.2, -0.15) is 0 Å². The minimum atomic E-state index is 0.686. The second kappa shape index (κ2) is 9.09. The topological polar surface area (TPSA) is 56.9 Å². The Kier molecular flexibility index (Phi) is 6.10. The number of rotatable bonds is 5. The lowest BCUT2D eigenvalue weighted by Crippen LogP contribution is -2.52. The Labute approximate surface area is 172 Å². The lowest BCUT2D eigenvalue weighted by molar-refractivity contribution is 0.169. The van der Waals surface area contributed by atoms with E-state index in [2.05, 4.69) is 69.7 Å². The molecule has 6 nitrogen and oxygen atoms in total. The van der Waals surface area contributed by atoms with E-state index in [9.17, 15) is 0 Å². The second-order valence-electron chi connectivity index (χ2n) is 7.54. The number of guanidine groups is 1. The van der Waals surface area contributed by atoms with Gasteiger partial charge in [-0.25, -0.2) is 4.99 Å². The Bertz CT molecular complexity index is 972. The van der Waals surface area contributed by atoms with Crippen molar-refractivity contribution in [1.82, 2.24) is 20.3 Å². The van der Waals surface area contributed by atoms with Gasteiger partial charge in [0.25, 0.3) is 0 Å². The quantitative estimate of drug-likeness (QED) is 0.533. The number of fused-ring (bicyclic) bond motifs is 1. The average molecular weight is 392 g/mol. The molecule has 1 fully saturated rings. The fraction of sp³-hybridized carbons (Fsp3) is 0.391. The third-order valence-corrected chi connectivity index (χ3v) is 5.29. The molecule has 1 N–H and O–H groups in total. The largest absolute Gasteiger partial charge is 0.361 e. The Hall–Kier alpha value is -2.86. The van der Waals surface area contributed by atoms with Crippen molar-refractivity contribution in [1.29, 1.82) is 0 Å². The van der Waals surface area contributed by atoms with Crippen LogP contribution in [0.4, 0.5) is 0 Å². The fourth-order valence-corrected chi connectivity index (χ4v) is 3.77. The standard InChI is InChI=1S/C23H29N5O/c1-3-24-23(25-16-19-8-9-20-6-4-5-7-21(20)15-19)28-12-10-27(11-13-28)17-22-14-18(2)29-26-22/h4-9,14-15H,3,10-13,16-17H2,1-2H3,(H,24,25). The van der Waals surface area contributed by atoms with Crippen molar-refractivity contribution < 1.29 is 4.52 Å². The molecule has 152 valence electrons. The number of nitrogens with zero attached hydrogens (tertiary/aromatic N) is 4. The summed E-state index contributed by atoms with van der Waals surface area (Å²) < 4.78 is 5.18. The highest BCUT2D eigenvalue weighted by molar-refractivity contribution is 5.83. The molecule has 0 atom stereocenters. The summed E-state index contributed by atoms with van der Waals surface area (Å²) in [6.45, 7) is 10.4. The zero-order chi connectivity index (χ0) is 20.1. The van der Waals surface area contributed by atoms with Gasteiger partial charge in [0.15, 0.2) is 5.96 Å². The van der Waals surface area contributed by atoms with Crippen LogP contribution in [0.25, 0.3) is 10.8 Å². The molecule has 1 aromatic heterocycles. The summed E-state index contributed by atoms with van der Waals surface area (Å²) in [5, 5.41) is 10.1. The zero-order valence-electron chi connectivity index (χ0n) is 17.3. The predicted octanol–water partition coefficient (Wildman–Crippen LogP) is 3.42. The zero-order valence-corrected chi connectivity index (χ0v) is 17.3. The maximum absolute atomic E-state index is 5.18. The number of benzene rings is 2. The SMILES string of the molecule is CCNC(=NCc1ccc2ccccc2c1)N1CCN(Cc2cc(C)on2)CC1. The highest BCUT2D eigenvalue weighted by atomic mass is 16.5. The summed E-state index contributed by atoms with van der Waals surface area (Å²) in [7, 11) is 0. The molecule has 0 radical (unpaired) electrons. The first-order chi connectivity index (χ1) is 14.2. The molecule has 0 amide bonds. The van der Waals surface area contributed by atoms with Crippen molar-refractivity contribution in [3.63, 3.8) is 0 Å². The second-order valence-corrected chi connectivity index (χ2v) is 7.54. The summed E-state index contributed by atoms with van der Waals surface area (Å²) in [6.07, 6.45) is 0. The van der Waals surface area contributed by atoms with Crippen LogP contribution in [0.2, 0.25) is 0 Å². The van der Waals surface area contributed by atoms with E-state index in [4.69, 9.17) is 9.52 Å². The molecule has 1 saturated heterocycles. The van der Waals surface area contributed by atoms with Crippen LogP contribution in [0.5, 0.6) is 0 Å². The van der Waals surface area contributed by atoms with Crippen molar-refractivity contribution in [2.45, 2.75) is 26.9 Å². The monoisotopic (exact) mass is 391 g/mol. The molecule has 4 rings (SSSR count). The van der Waals surface area contributed by atoms with E-state index >= 15 is 0 Å². The molecular weight excluding hydrogens is 362 g/mol. The molecular formula is C23H29N5O. The van der Waals surface area contributed by atoms with Crippen molar-refractivity contribution in [2.24, 2.45) is 4.99 Å². The number of aryl methyl sites for hydroxylation is 1. The van der Waals surface area contributed by atoms with E-state index in [0.29, 0.717) is 6.54 Å². The average Bonchev–Trinajstić information content (AvgIpc) is 3.16. The number of hydrogen-bond donors (Lipinski definition) is 1. The van der Waals surface area contributed by atoms with Gasteiger partial charge < -0.3 is 14.7 Å². The van der Waals surface area contributed by atoms with E-state index in [1.807, 2.05) is 13.0 Å². The van der Waals surface area contributed by atoms with Crippen LogP contribution in [-0.2, 0) is 13.1 Å². The number of nitrogens with one attached hydrogen (secondary N) is 1. The van der Waals surface area contributed by atoms with E-state index in [1.54, 1.807) is 0 Å². The molecule has 29 heavy (non-hydrogen) atoms. The predicted molar refractivity (Wildman–Crippen MR) is 117 cm³/mol. The maximum atomic E-state index is 5.18. The summed E-state index contributed by atoms with van der Waals surface area (Å²) in [5.41, 5.74) is 2.24. The first kappa shape index (κ1) is 19.5. The molecule has 0 spiro atoms. The van der Waals surface area contributed by atoms with E-state index in [1.165, 1.54) is 16.3 Å². The van der Waals surface area contributed by atoms with Crippen LogP contribution in [-0.4, -0.2) is 53.6 Å². The lowest BCUT2D eigenvalue weighted by Gasteiger charge is -2.36. The summed E-state index contributed by atoms with van der Waals surface area (Å²) in [4.78, 5) is 9.69. The van der Waals surface area contributed by atoms with Gasteiger partial charge in [-0.15, -0.1) is 0 Å². The summed E-state index contributed by atoms with van der Waals surface area (Å²) in [5.74, 6) is 1.87. The van der Waals surface area contributed by atoms with E-state index in [0.717, 1.165) is 56.7 Å². The van der Waals surface area contributed by atoms with Crippen molar-refractivity contribution in [3.8, 4) is 0 Å². The van der Waals surface area contributed by atoms with Gasteiger partial charge >= 0.3 is 0 Å². The highest BCUT2D eigenvalue weighted by Crippen LogP contribution is 2.16. The normalized spacial score (nSPS) is 15.8. The molecule has 0 unspecified atom stereocenters. The number of aliphatic imine (C=N–C) groups is 1. The van der Waals surface area contributed by atoms with Crippen LogP contribution in [0.15, 0.2) is 58.0 Å². The maximum Gasteiger partial charge on any atom is 0.194 e. The Morgan fingerprint density at radius 1 is 1.07 bits per heavy atom.